The Hall–Kier alpha value is -2.43. The van der Waals surface area contributed by atoms with Gasteiger partial charge in [-0.3, -0.25) is 4.79 Å². The number of aryl methyl sites for hydroxylation is 1. The Balaban J connectivity index is 2.12. The molecule has 1 heterocycles. The van der Waals surface area contributed by atoms with Crippen molar-refractivity contribution in [2.75, 3.05) is 5.73 Å². The number of hydrogen-bond acceptors (Lipinski definition) is 4. The van der Waals surface area contributed by atoms with Crippen molar-refractivity contribution in [2.24, 2.45) is 0 Å². The first-order valence-electron chi connectivity index (χ1n) is 6.17. The number of ketones is 1. The highest BCUT2D eigenvalue weighted by molar-refractivity contribution is 6.05. The normalized spacial score (nSPS) is 11.0. The SMILES string of the molecule is CCCn1nncc1C(=O)/C=C/c1ccc(N)cc1. The number of rotatable bonds is 5. The van der Waals surface area contributed by atoms with Gasteiger partial charge in [0.15, 0.2) is 0 Å². The van der Waals surface area contributed by atoms with Crippen LogP contribution in [0.3, 0.4) is 0 Å². The van der Waals surface area contributed by atoms with Crippen LogP contribution in [0.25, 0.3) is 6.08 Å². The molecule has 0 aliphatic heterocycles. The third kappa shape index (κ3) is 3.28. The molecule has 0 radical (unpaired) electrons. The van der Waals surface area contributed by atoms with E-state index >= 15 is 0 Å². The Morgan fingerprint density at radius 2 is 2.11 bits per heavy atom. The van der Waals surface area contributed by atoms with Gasteiger partial charge < -0.3 is 5.73 Å². The molecule has 0 spiro atoms. The molecule has 5 heteroatoms. The molecule has 0 saturated heterocycles. The van der Waals surface area contributed by atoms with E-state index in [1.807, 2.05) is 19.1 Å². The van der Waals surface area contributed by atoms with Gasteiger partial charge in [0.25, 0.3) is 0 Å². The zero-order valence-electron chi connectivity index (χ0n) is 10.8. The molecule has 0 unspecified atom stereocenters. The predicted molar refractivity (Wildman–Crippen MR) is 74.5 cm³/mol. The predicted octanol–water partition coefficient (Wildman–Crippen LogP) is 2.17. The number of anilines is 1. The minimum atomic E-state index is -0.102. The summed E-state index contributed by atoms with van der Waals surface area (Å²) < 4.78 is 1.62. The van der Waals surface area contributed by atoms with Gasteiger partial charge in [0, 0.05) is 12.2 Å². The van der Waals surface area contributed by atoms with Crippen molar-refractivity contribution in [1.29, 1.82) is 0 Å². The summed E-state index contributed by atoms with van der Waals surface area (Å²) in [7, 11) is 0. The van der Waals surface area contributed by atoms with Crippen LogP contribution in [0.15, 0.2) is 36.5 Å². The number of nitrogens with zero attached hydrogens (tertiary/aromatic N) is 3. The van der Waals surface area contributed by atoms with Gasteiger partial charge in [-0.25, -0.2) is 4.68 Å². The number of benzene rings is 1. The third-order valence-electron chi connectivity index (χ3n) is 2.67. The van der Waals surface area contributed by atoms with Crippen LogP contribution in [0.1, 0.15) is 29.4 Å². The smallest absolute Gasteiger partial charge is 0.205 e. The van der Waals surface area contributed by atoms with Crippen molar-refractivity contribution in [1.82, 2.24) is 15.0 Å². The number of hydrogen-bond donors (Lipinski definition) is 1. The summed E-state index contributed by atoms with van der Waals surface area (Å²) in [4.78, 5) is 12.0. The molecular weight excluding hydrogens is 240 g/mol. The van der Waals surface area contributed by atoms with Crippen molar-refractivity contribution >= 4 is 17.5 Å². The molecule has 0 amide bonds. The van der Waals surface area contributed by atoms with Crippen molar-refractivity contribution < 1.29 is 4.79 Å². The van der Waals surface area contributed by atoms with Crippen molar-refractivity contribution in [3.63, 3.8) is 0 Å². The topological polar surface area (TPSA) is 73.8 Å². The Labute approximate surface area is 111 Å². The first-order valence-corrected chi connectivity index (χ1v) is 6.17. The van der Waals surface area contributed by atoms with E-state index in [4.69, 9.17) is 5.73 Å². The zero-order valence-corrected chi connectivity index (χ0v) is 10.8. The average molecular weight is 256 g/mol. The highest BCUT2D eigenvalue weighted by Gasteiger charge is 2.09. The average Bonchev–Trinajstić information content (AvgIpc) is 2.86. The van der Waals surface area contributed by atoms with Crippen molar-refractivity contribution in [3.05, 3.63) is 47.8 Å². The second-order valence-electron chi connectivity index (χ2n) is 4.21. The monoisotopic (exact) mass is 256 g/mol. The van der Waals surface area contributed by atoms with Gasteiger partial charge in [-0.05, 0) is 30.2 Å². The van der Waals surface area contributed by atoms with E-state index in [-0.39, 0.29) is 5.78 Å². The number of carbonyl (C=O) groups excluding carboxylic acids is 1. The number of aromatic nitrogens is 3. The molecule has 2 N–H and O–H groups in total. The van der Waals surface area contributed by atoms with E-state index in [1.165, 1.54) is 12.3 Å². The summed E-state index contributed by atoms with van der Waals surface area (Å²) in [5, 5.41) is 7.66. The van der Waals surface area contributed by atoms with E-state index in [1.54, 1.807) is 22.9 Å². The third-order valence-corrected chi connectivity index (χ3v) is 2.67. The highest BCUT2D eigenvalue weighted by Crippen LogP contribution is 2.08. The molecule has 0 saturated carbocycles. The standard InChI is InChI=1S/C14H16N4O/c1-2-9-18-13(10-16-17-18)14(19)8-5-11-3-6-12(15)7-4-11/h3-8,10H,2,9,15H2,1H3/b8-5+. The maximum Gasteiger partial charge on any atom is 0.205 e. The number of carbonyl (C=O) groups is 1. The first-order chi connectivity index (χ1) is 9.20. The van der Waals surface area contributed by atoms with Gasteiger partial charge in [0.1, 0.15) is 5.69 Å². The lowest BCUT2D eigenvalue weighted by Gasteiger charge is -2.00. The summed E-state index contributed by atoms with van der Waals surface area (Å²) in [5.74, 6) is -0.102. The summed E-state index contributed by atoms with van der Waals surface area (Å²) in [5.41, 5.74) is 7.74. The molecule has 5 nitrogen and oxygen atoms in total. The highest BCUT2D eigenvalue weighted by atomic mass is 16.1. The fraction of sp³-hybridized carbons (Fsp3) is 0.214. The largest absolute Gasteiger partial charge is 0.399 e. The maximum absolute atomic E-state index is 12.0. The van der Waals surface area contributed by atoms with Crippen molar-refractivity contribution in [3.8, 4) is 0 Å². The molecule has 1 aromatic carbocycles. The molecule has 0 fully saturated rings. The molecule has 0 aliphatic carbocycles. The van der Waals surface area contributed by atoms with Crippen LogP contribution in [-0.4, -0.2) is 20.8 Å². The van der Waals surface area contributed by atoms with Gasteiger partial charge in [0.2, 0.25) is 5.78 Å². The minimum absolute atomic E-state index is 0.102. The van der Waals surface area contributed by atoms with Gasteiger partial charge in [-0.1, -0.05) is 30.3 Å². The van der Waals surface area contributed by atoms with E-state index < -0.39 is 0 Å². The number of nitrogens with two attached hydrogens (primary N) is 1. The molecule has 0 atom stereocenters. The first kappa shape index (κ1) is 13.0. The second kappa shape index (κ2) is 5.95. The lowest BCUT2D eigenvalue weighted by atomic mass is 10.1. The van der Waals surface area contributed by atoms with Crippen LogP contribution in [0.5, 0.6) is 0 Å². The van der Waals surface area contributed by atoms with Gasteiger partial charge >= 0.3 is 0 Å². The summed E-state index contributed by atoms with van der Waals surface area (Å²) in [6.07, 6.45) is 5.68. The van der Waals surface area contributed by atoms with Crippen LogP contribution in [0.2, 0.25) is 0 Å². The number of allylic oxidation sites excluding steroid dienone is 1. The molecule has 19 heavy (non-hydrogen) atoms. The molecular formula is C14H16N4O. The second-order valence-corrected chi connectivity index (χ2v) is 4.21. The van der Waals surface area contributed by atoms with E-state index in [9.17, 15) is 4.79 Å². The summed E-state index contributed by atoms with van der Waals surface area (Å²) >= 11 is 0. The van der Waals surface area contributed by atoms with Crippen LogP contribution >= 0.6 is 0 Å². The molecule has 0 aliphatic rings. The fourth-order valence-electron chi connectivity index (χ4n) is 1.69. The minimum Gasteiger partial charge on any atom is -0.399 e. The molecule has 1 aromatic heterocycles. The summed E-state index contributed by atoms with van der Waals surface area (Å²) in [6.45, 7) is 2.72. The van der Waals surface area contributed by atoms with E-state index in [0.29, 0.717) is 17.9 Å². The lowest BCUT2D eigenvalue weighted by molar-refractivity contribution is 0.103. The Morgan fingerprint density at radius 3 is 2.79 bits per heavy atom. The van der Waals surface area contributed by atoms with Gasteiger partial charge in [0.05, 0.1) is 6.20 Å². The van der Waals surface area contributed by atoms with Crippen LogP contribution in [0, 0.1) is 0 Å². The van der Waals surface area contributed by atoms with E-state index in [0.717, 1.165) is 12.0 Å². The zero-order chi connectivity index (χ0) is 13.7. The Morgan fingerprint density at radius 1 is 1.37 bits per heavy atom. The fourth-order valence-corrected chi connectivity index (χ4v) is 1.69. The van der Waals surface area contributed by atoms with Gasteiger partial charge in [-0.15, -0.1) is 5.10 Å². The lowest BCUT2D eigenvalue weighted by Crippen LogP contribution is -2.08. The Bertz CT molecular complexity index is 584. The van der Waals surface area contributed by atoms with Crippen LogP contribution in [0.4, 0.5) is 5.69 Å². The quantitative estimate of drug-likeness (QED) is 0.505. The van der Waals surface area contributed by atoms with Crippen LogP contribution in [-0.2, 0) is 6.54 Å². The number of nitrogen functional groups attached to an aromatic ring is 1. The molecule has 98 valence electrons. The van der Waals surface area contributed by atoms with E-state index in [2.05, 4.69) is 10.3 Å². The van der Waals surface area contributed by atoms with Crippen molar-refractivity contribution in [2.45, 2.75) is 19.9 Å². The molecule has 2 rings (SSSR count). The maximum atomic E-state index is 12.0. The summed E-state index contributed by atoms with van der Waals surface area (Å²) in [6, 6.07) is 7.32. The van der Waals surface area contributed by atoms with Crippen LogP contribution < -0.4 is 5.73 Å². The Kier molecular flexibility index (Phi) is 4.07. The molecule has 0 bridgehead atoms. The van der Waals surface area contributed by atoms with Gasteiger partial charge in [-0.2, -0.15) is 0 Å². The molecule has 2 aromatic rings.